The number of piperazine rings is 1. The second-order valence-electron chi connectivity index (χ2n) is 7.13. The Kier molecular flexibility index (Phi) is 5.11. The van der Waals surface area contributed by atoms with E-state index in [0.717, 1.165) is 11.4 Å². The normalized spacial score (nSPS) is 14.8. The molecule has 138 valence electrons. The number of hydrogen-bond donors (Lipinski definition) is 0. The number of amides is 2. The third-order valence-electron chi connectivity index (χ3n) is 4.92. The summed E-state index contributed by atoms with van der Waals surface area (Å²) in [5.74, 6) is 0.462. The Hall–Kier alpha value is -2.63. The summed E-state index contributed by atoms with van der Waals surface area (Å²) < 4.78 is 1.81. The van der Waals surface area contributed by atoms with Gasteiger partial charge in [-0.25, -0.2) is 4.68 Å². The third kappa shape index (κ3) is 3.64. The molecule has 2 aromatic rings. The first-order valence-corrected chi connectivity index (χ1v) is 9.08. The number of carbonyl (C=O) groups excluding carboxylic acids is 2. The van der Waals surface area contributed by atoms with Crippen molar-refractivity contribution in [3.63, 3.8) is 0 Å². The van der Waals surface area contributed by atoms with Gasteiger partial charge in [-0.05, 0) is 36.6 Å². The number of hydrogen-bond acceptors (Lipinski definition) is 3. The molecule has 0 atom stereocenters. The molecule has 0 bridgehead atoms. The van der Waals surface area contributed by atoms with Gasteiger partial charge >= 0.3 is 0 Å². The van der Waals surface area contributed by atoms with E-state index in [1.54, 1.807) is 16.7 Å². The fourth-order valence-electron chi connectivity index (χ4n) is 3.23. The Labute approximate surface area is 154 Å². The number of aromatic nitrogens is 2. The van der Waals surface area contributed by atoms with Crippen molar-refractivity contribution in [1.82, 2.24) is 19.6 Å². The highest BCUT2D eigenvalue weighted by Gasteiger charge is 2.25. The molecule has 1 aromatic heterocycles. The van der Waals surface area contributed by atoms with Gasteiger partial charge in [-0.2, -0.15) is 5.10 Å². The van der Waals surface area contributed by atoms with Gasteiger partial charge < -0.3 is 9.80 Å². The third-order valence-corrected chi connectivity index (χ3v) is 4.92. The molecule has 6 nitrogen and oxygen atoms in total. The van der Waals surface area contributed by atoms with Crippen LogP contribution in [0.2, 0.25) is 0 Å². The molecular weight excluding hydrogens is 328 g/mol. The van der Waals surface area contributed by atoms with Crippen LogP contribution in [0.25, 0.3) is 5.69 Å². The van der Waals surface area contributed by atoms with Crippen LogP contribution in [0, 0.1) is 6.92 Å². The summed E-state index contributed by atoms with van der Waals surface area (Å²) in [5, 5.41) is 4.53. The highest BCUT2D eigenvalue weighted by molar-refractivity contribution is 5.92. The zero-order valence-electron chi connectivity index (χ0n) is 15.9. The van der Waals surface area contributed by atoms with Crippen LogP contribution in [0.15, 0.2) is 30.3 Å². The molecule has 1 aromatic carbocycles. The van der Waals surface area contributed by atoms with Crippen LogP contribution in [-0.4, -0.2) is 57.6 Å². The molecule has 1 fully saturated rings. The molecule has 1 saturated heterocycles. The van der Waals surface area contributed by atoms with Gasteiger partial charge in [0, 0.05) is 38.8 Å². The summed E-state index contributed by atoms with van der Waals surface area (Å²) in [5.41, 5.74) is 3.60. The van der Waals surface area contributed by atoms with Gasteiger partial charge in [0.1, 0.15) is 0 Å². The van der Waals surface area contributed by atoms with Crippen LogP contribution in [0.5, 0.6) is 0 Å². The fourth-order valence-corrected chi connectivity index (χ4v) is 3.23. The predicted molar refractivity (Wildman–Crippen MR) is 101 cm³/mol. The lowest BCUT2D eigenvalue weighted by Crippen LogP contribution is -2.50. The lowest BCUT2D eigenvalue weighted by Gasteiger charge is -2.33. The maximum absolute atomic E-state index is 12.8. The first kappa shape index (κ1) is 18.2. The van der Waals surface area contributed by atoms with Gasteiger partial charge in [0.15, 0.2) is 5.69 Å². The number of rotatable bonds is 3. The maximum atomic E-state index is 12.8. The van der Waals surface area contributed by atoms with E-state index >= 15 is 0 Å². The minimum atomic E-state index is -0.0751. The summed E-state index contributed by atoms with van der Waals surface area (Å²) in [7, 11) is 0. The average molecular weight is 354 g/mol. The van der Waals surface area contributed by atoms with Gasteiger partial charge in [0.05, 0.1) is 5.69 Å². The Morgan fingerprint density at radius 1 is 1.00 bits per heavy atom. The number of aryl methyl sites for hydroxylation is 1. The van der Waals surface area contributed by atoms with E-state index in [9.17, 15) is 9.59 Å². The number of nitrogens with zero attached hydrogens (tertiary/aromatic N) is 4. The molecule has 0 N–H and O–H groups in total. The largest absolute Gasteiger partial charge is 0.339 e. The Morgan fingerprint density at radius 3 is 2.12 bits per heavy atom. The molecule has 0 radical (unpaired) electrons. The standard InChI is InChI=1S/C20H26N4O2/c1-14(2)17-5-7-18(8-6-17)24-15(3)13-19(21-24)20(26)23-11-9-22(10-12-23)16(4)25/h5-8,13-14H,9-12H2,1-4H3. The minimum absolute atomic E-state index is 0.0575. The Balaban J connectivity index is 1.75. The van der Waals surface area contributed by atoms with Crippen LogP contribution in [0.1, 0.15) is 48.4 Å². The SMILES string of the molecule is CC(=O)N1CCN(C(=O)c2cc(C)n(-c3ccc(C(C)C)cc3)n2)CC1. The van der Waals surface area contributed by atoms with E-state index in [1.807, 2.05) is 29.8 Å². The quantitative estimate of drug-likeness (QED) is 0.851. The summed E-state index contributed by atoms with van der Waals surface area (Å²) in [6.07, 6.45) is 0. The first-order chi connectivity index (χ1) is 12.4. The molecule has 1 aliphatic heterocycles. The van der Waals surface area contributed by atoms with Crippen molar-refractivity contribution in [3.05, 3.63) is 47.3 Å². The zero-order chi connectivity index (χ0) is 18.8. The maximum Gasteiger partial charge on any atom is 0.274 e. The van der Waals surface area contributed by atoms with Gasteiger partial charge in [0.2, 0.25) is 5.91 Å². The molecule has 0 unspecified atom stereocenters. The summed E-state index contributed by atoms with van der Waals surface area (Å²) in [6.45, 7) is 10.1. The minimum Gasteiger partial charge on any atom is -0.339 e. The van der Waals surface area contributed by atoms with Crippen molar-refractivity contribution < 1.29 is 9.59 Å². The topological polar surface area (TPSA) is 58.4 Å². The number of carbonyl (C=O) groups is 2. The highest BCUT2D eigenvalue weighted by Crippen LogP contribution is 2.19. The molecule has 6 heteroatoms. The van der Waals surface area contributed by atoms with Crippen molar-refractivity contribution in [2.75, 3.05) is 26.2 Å². The van der Waals surface area contributed by atoms with Crippen LogP contribution >= 0.6 is 0 Å². The first-order valence-electron chi connectivity index (χ1n) is 9.08. The van der Waals surface area contributed by atoms with Crippen molar-refractivity contribution in [1.29, 1.82) is 0 Å². The molecular formula is C20H26N4O2. The van der Waals surface area contributed by atoms with Crippen molar-refractivity contribution in [2.45, 2.75) is 33.6 Å². The van der Waals surface area contributed by atoms with Gasteiger partial charge in [0.25, 0.3) is 5.91 Å². The second-order valence-corrected chi connectivity index (χ2v) is 7.13. The van der Waals surface area contributed by atoms with Gasteiger partial charge in [-0.1, -0.05) is 26.0 Å². The zero-order valence-corrected chi connectivity index (χ0v) is 15.9. The average Bonchev–Trinajstić information content (AvgIpc) is 3.03. The van der Waals surface area contributed by atoms with Crippen LogP contribution in [0.3, 0.4) is 0 Å². The Bertz CT molecular complexity index is 800. The van der Waals surface area contributed by atoms with Crippen molar-refractivity contribution >= 4 is 11.8 Å². The van der Waals surface area contributed by atoms with Gasteiger partial charge in [-0.15, -0.1) is 0 Å². The van der Waals surface area contributed by atoms with E-state index in [-0.39, 0.29) is 11.8 Å². The Morgan fingerprint density at radius 2 is 1.58 bits per heavy atom. The summed E-state index contributed by atoms with van der Waals surface area (Å²) >= 11 is 0. The van der Waals surface area contributed by atoms with Crippen molar-refractivity contribution in [2.24, 2.45) is 0 Å². The number of benzene rings is 1. The van der Waals surface area contributed by atoms with E-state index in [1.165, 1.54) is 5.56 Å². The molecule has 1 aliphatic rings. The summed E-state index contributed by atoms with van der Waals surface area (Å²) in [4.78, 5) is 27.7. The van der Waals surface area contributed by atoms with Crippen LogP contribution in [0.4, 0.5) is 0 Å². The molecule has 0 spiro atoms. The van der Waals surface area contributed by atoms with E-state index in [4.69, 9.17) is 0 Å². The predicted octanol–water partition coefficient (Wildman–Crippen LogP) is 2.61. The molecule has 3 rings (SSSR count). The van der Waals surface area contributed by atoms with E-state index in [2.05, 4.69) is 31.1 Å². The summed E-state index contributed by atoms with van der Waals surface area (Å²) in [6, 6.07) is 10.1. The van der Waals surface area contributed by atoms with Crippen LogP contribution in [-0.2, 0) is 4.79 Å². The van der Waals surface area contributed by atoms with E-state index < -0.39 is 0 Å². The second kappa shape index (κ2) is 7.32. The lowest BCUT2D eigenvalue weighted by molar-refractivity contribution is -0.130. The van der Waals surface area contributed by atoms with Crippen molar-refractivity contribution in [3.8, 4) is 5.69 Å². The molecule has 0 saturated carbocycles. The molecule has 26 heavy (non-hydrogen) atoms. The monoisotopic (exact) mass is 354 g/mol. The van der Waals surface area contributed by atoms with Crippen LogP contribution < -0.4 is 0 Å². The van der Waals surface area contributed by atoms with E-state index in [0.29, 0.717) is 37.8 Å². The fraction of sp³-hybridized carbons (Fsp3) is 0.450. The smallest absolute Gasteiger partial charge is 0.274 e. The van der Waals surface area contributed by atoms with Gasteiger partial charge in [-0.3, -0.25) is 9.59 Å². The molecule has 2 heterocycles. The highest BCUT2D eigenvalue weighted by atomic mass is 16.2. The molecule has 0 aliphatic carbocycles. The molecule has 2 amide bonds. The lowest BCUT2D eigenvalue weighted by atomic mass is 10.0.